The van der Waals surface area contributed by atoms with E-state index in [9.17, 15) is 4.79 Å². The van der Waals surface area contributed by atoms with Gasteiger partial charge in [0.25, 0.3) is 0 Å². The Morgan fingerprint density at radius 1 is 1.19 bits per heavy atom. The van der Waals surface area contributed by atoms with Crippen molar-refractivity contribution in [3.63, 3.8) is 0 Å². The molecule has 3 nitrogen and oxygen atoms in total. The summed E-state index contributed by atoms with van der Waals surface area (Å²) in [5, 5.41) is 3.77. The van der Waals surface area contributed by atoms with Crippen LogP contribution in [0.1, 0.15) is 11.6 Å². The standard InChI is InChI=1S/C15H12Br2ClNO2/c1-21-15(20)14(10-4-2-3-5-11(10)16)19-9-6-7-13(18)12(17)8-9/h2-8,14,19H,1H3. The number of carbonyl (C=O) groups is 1. The van der Waals surface area contributed by atoms with Crippen LogP contribution in [0.2, 0.25) is 5.02 Å². The summed E-state index contributed by atoms with van der Waals surface area (Å²) < 4.78 is 6.48. The van der Waals surface area contributed by atoms with Crippen molar-refractivity contribution in [1.82, 2.24) is 0 Å². The van der Waals surface area contributed by atoms with E-state index in [-0.39, 0.29) is 5.97 Å². The number of anilines is 1. The predicted octanol–water partition coefficient (Wildman–Crippen LogP) is 5.19. The summed E-state index contributed by atoms with van der Waals surface area (Å²) in [7, 11) is 1.37. The number of benzene rings is 2. The van der Waals surface area contributed by atoms with Crippen LogP contribution in [0.25, 0.3) is 0 Å². The van der Waals surface area contributed by atoms with E-state index in [1.54, 1.807) is 12.1 Å². The van der Waals surface area contributed by atoms with Crippen LogP contribution < -0.4 is 5.32 Å². The molecule has 0 aromatic heterocycles. The molecule has 2 aromatic rings. The maximum absolute atomic E-state index is 12.1. The van der Waals surface area contributed by atoms with Gasteiger partial charge in [0.15, 0.2) is 6.04 Å². The lowest BCUT2D eigenvalue weighted by Crippen LogP contribution is -2.22. The van der Waals surface area contributed by atoms with Crippen molar-refractivity contribution in [2.24, 2.45) is 0 Å². The molecule has 0 aliphatic heterocycles. The second-order valence-electron chi connectivity index (χ2n) is 4.25. The molecule has 0 bridgehead atoms. The third kappa shape index (κ3) is 3.99. The van der Waals surface area contributed by atoms with Crippen LogP contribution in [0, 0.1) is 0 Å². The third-order valence-corrected chi connectivity index (χ3v) is 4.82. The second kappa shape index (κ2) is 7.29. The maximum Gasteiger partial charge on any atom is 0.333 e. The van der Waals surface area contributed by atoms with Gasteiger partial charge in [0.05, 0.1) is 12.1 Å². The van der Waals surface area contributed by atoms with E-state index in [1.807, 2.05) is 30.3 Å². The van der Waals surface area contributed by atoms with Crippen LogP contribution in [0.3, 0.4) is 0 Å². The molecule has 0 aliphatic rings. The Morgan fingerprint density at radius 2 is 1.90 bits per heavy atom. The number of esters is 1. The molecule has 1 unspecified atom stereocenters. The van der Waals surface area contributed by atoms with Crippen molar-refractivity contribution in [3.05, 3.63) is 62.0 Å². The molecule has 0 spiro atoms. The topological polar surface area (TPSA) is 38.3 Å². The highest BCUT2D eigenvalue weighted by atomic mass is 79.9. The number of nitrogens with one attached hydrogen (secondary N) is 1. The molecule has 21 heavy (non-hydrogen) atoms. The quantitative estimate of drug-likeness (QED) is 0.675. The SMILES string of the molecule is COC(=O)C(Nc1ccc(Cl)c(Br)c1)c1ccccc1Br. The number of hydrogen-bond acceptors (Lipinski definition) is 3. The predicted molar refractivity (Wildman–Crippen MR) is 91.7 cm³/mol. The summed E-state index contributed by atoms with van der Waals surface area (Å²) >= 11 is 12.8. The van der Waals surface area contributed by atoms with Crippen LogP contribution >= 0.6 is 43.5 Å². The molecule has 0 radical (unpaired) electrons. The molecule has 2 aromatic carbocycles. The molecule has 0 saturated heterocycles. The van der Waals surface area contributed by atoms with Gasteiger partial charge in [-0.15, -0.1) is 0 Å². The van der Waals surface area contributed by atoms with Crippen molar-refractivity contribution in [2.75, 3.05) is 12.4 Å². The molecule has 0 heterocycles. The minimum atomic E-state index is -0.612. The number of hydrogen-bond donors (Lipinski definition) is 1. The molecule has 0 amide bonds. The number of carbonyl (C=O) groups excluding carboxylic acids is 1. The van der Waals surface area contributed by atoms with E-state index >= 15 is 0 Å². The first kappa shape index (κ1) is 16.3. The molecule has 1 atom stereocenters. The summed E-state index contributed by atoms with van der Waals surface area (Å²) in [4.78, 5) is 12.1. The Kier molecular flexibility index (Phi) is 5.67. The van der Waals surface area contributed by atoms with Gasteiger partial charge in [0, 0.05) is 14.6 Å². The fourth-order valence-corrected chi connectivity index (χ4v) is 2.85. The average molecular weight is 434 g/mol. The maximum atomic E-state index is 12.1. The molecule has 2 rings (SSSR count). The molecule has 0 aliphatic carbocycles. The number of methoxy groups -OCH3 is 1. The Bertz CT molecular complexity index is 664. The van der Waals surface area contributed by atoms with Crippen molar-refractivity contribution in [1.29, 1.82) is 0 Å². The Hall–Kier alpha value is -1.04. The summed E-state index contributed by atoms with van der Waals surface area (Å²) in [6, 6.07) is 12.3. The van der Waals surface area contributed by atoms with Crippen LogP contribution in [0.5, 0.6) is 0 Å². The highest BCUT2D eigenvalue weighted by Gasteiger charge is 2.23. The zero-order valence-corrected chi connectivity index (χ0v) is 15.0. The smallest absolute Gasteiger partial charge is 0.333 e. The first-order valence-corrected chi connectivity index (χ1v) is 8.03. The summed E-state index contributed by atoms with van der Waals surface area (Å²) in [6.45, 7) is 0. The largest absolute Gasteiger partial charge is 0.467 e. The number of halogens is 3. The van der Waals surface area contributed by atoms with Crippen molar-refractivity contribution in [2.45, 2.75) is 6.04 Å². The van der Waals surface area contributed by atoms with Crippen molar-refractivity contribution >= 4 is 55.1 Å². The summed E-state index contributed by atoms with van der Waals surface area (Å²) in [5.41, 5.74) is 1.56. The van der Waals surface area contributed by atoms with Gasteiger partial charge < -0.3 is 10.1 Å². The zero-order chi connectivity index (χ0) is 15.4. The average Bonchev–Trinajstić information content (AvgIpc) is 2.48. The third-order valence-electron chi connectivity index (χ3n) is 2.88. The Morgan fingerprint density at radius 3 is 2.52 bits per heavy atom. The molecule has 110 valence electrons. The van der Waals surface area contributed by atoms with Gasteiger partial charge >= 0.3 is 5.97 Å². The zero-order valence-electron chi connectivity index (χ0n) is 11.1. The van der Waals surface area contributed by atoms with Gasteiger partial charge in [-0.3, -0.25) is 0 Å². The normalized spacial score (nSPS) is 11.8. The molecule has 1 N–H and O–H groups in total. The Labute approximate surface area is 144 Å². The lowest BCUT2D eigenvalue weighted by molar-refractivity contribution is -0.141. The minimum Gasteiger partial charge on any atom is -0.467 e. The van der Waals surface area contributed by atoms with E-state index in [2.05, 4.69) is 37.2 Å². The van der Waals surface area contributed by atoms with Gasteiger partial charge in [-0.1, -0.05) is 45.7 Å². The lowest BCUT2D eigenvalue weighted by atomic mass is 10.1. The highest BCUT2D eigenvalue weighted by molar-refractivity contribution is 9.10. The molecular weight excluding hydrogens is 421 g/mol. The van der Waals surface area contributed by atoms with E-state index in [1.165, 1.54) is 7.11 Å². The van der Waals surface area contributed by atoms with Crippen LogP contribution in [0.4, 0.5) is 5.69 Å². The minimum absolute atomic E-state index is 0.368. The van der Waals surface area contributed by atoms with Gasteiger partial charge in [0.1, 0.15) is 0 Å². The van der Waals surface area contributed by atoms with Crippen LogP contribution in [0.15, 0.2) is 51.4 Å². The van der Waals surface area contributed by atoms with E-state index < -0.39 is 6.04 Å². The lowest BCUT2D eigenvalue weighted by Gasteiger charge is -2.19. The van der Waals surface area contributed by atoms with Crippen molar-refractivity contribution in [3.8, 4) is 0 Å². The number of rotatable bonds is 4. The molecular formula is C15H12Br2ClNO2. The second-order valence-corrected chi connectivity index (χ2v) is 6.37. The molecule has 0 fully saturated rings. The Balaban J connectivity index is 2.35. The van der Waals surface area contributed by atoms with Gasteiger partial charge in [-0.05, 0) is 45.8 Å². The monoisotopic (exact) mass is 431 g/mol. The van der Waals surface area contributed by atoms with Gasteiger partial charge in [-0.25, -0.2) is 4.79 Å². The van der Waals surface area contributed by atoms with E-state index in [4.69, 9.17) is 16.3 Å². The van der Waals surface area contributed by atoms with Gasteiger partial charge in [0.2, 0.25) is 0 Å². The molecule has 0 saturated carbocycles. The summed E-state index contributed by atoms with van der Waals surface area (Å²) in [5.74, 6) is -0.368. The number of ether oxygens (including phenoxy) is 1. The van der Waals surface area contributed by atoms with E-state index in [0.29, 0.717) is 5.02 Å². The van der Waals surface area contributed by atoms with Crippen LogP contribution in [-0.4, -0.2) is 13.1 Å². The first-order chi connectivity index (χ1) is 10.0. The first-order valence-electron chi connectivity index (χ1n) is 6.06. The van der Waals surface area contributed by atoms with Gasteiger partial charge in [-0.2, -0.15) is 0 Å². The fraction of sp³-hybridized carbons (Fsp3) is 0.133. The molecule has 6 heteroatoms. The fourth-order valence-electron chi connectivity index (χ4n) is 1.84. The van der Waals surface area contributed by atoms with E-state index in [0.717, 1.165) is 20.2 Å². The van der Waals surface area contributed by atoms with Crippen molar-refractivity contribution < 1.29 is 9.53 Å². The highest BCUT2D eigenvalue weighted by Crippen LogP contribution is 2.30. The van der Waals surface area contributed by atoms with Crippen LogP contribution in [-0.2, 0) is 9.53 Å². The summed E-state index contributed by atoms with van der Waals surface area (Å²) in [6.07, 6.45) is 0.